The molecule has 10 nitrogen and oxygen atoms in total. The zero-order valence-electron chi connectivity index (χ0n) is 34.1. The quantitative estimate of drug-likeness (QED) is 0.0760. The molecule has 57 heavy (non-hydrogen) atoms. The van der Waals surface area contributed by atoms with Gasteiger partial charge in [-0.15, -0.1) is 0 Å². The van der Waals surface area contributed by atoms with Crippen LogP contribution in [0.1, 0.15) is 94.7 Å². The van der Waals surface area contributed by atoms with E-state index >= 15 is 0 Å². The first-order chi connectivity index (χ1) is 27.4. The van der Waals surface area contributed by atoms with Crippen LogP contribution in [-0.4, -0.2) is 76.3 Å². The Kier molecular flexibility index (Phi) is 16.9. The summed E-state index contributed by atoms with van der Waals surface area (Å²) < 4.78 is 42.3. The maximum absolute atomic E-state index is 14.2. The van der Waals surface area contributed by atoms with Crippen molar-refractivity contribution in [3.05, 3.63) is 95.6 Å². The Labute approximate surface area is 340 Å². The molecule has 1 N–H and O–H groups in total. The van der Waals surface area contributed by atoms with E-state index in [0.717, 1.165) is 61.2 Å². The molecule has 3 aromatic carbocycles. The van der Waals surface area contributed by atoms with Crippen LogP contribution in [0.25, 0.3) is 0 Å². The van der Waals surface area contributed by atoms with Gasteiger partial charge in [-0.25, -0.2) is 0 Å². The van der Waals surface area contributed by atoms with E-state index in [1.165, 1.54) is 12.1 Å². The topological polar surface area (TPSA) is 128 Å². The number of amides is 1. The van der Waals surface area contributed by atoms with Crippen molar-refractivity contribution >= 4 is 27.6 Å². The van der Waals surface area contributed by atoms with Crippen LogP contribution < -0.4 is 10.1 Å². The van der Waals surface area contributed by atoms with E-state index in [4.69, 9.17) is 13.7 Å². The Bertz CT molecular complexity index is 1840. The average molecular weight is 803 g/mol. The number of hydrogen-bond donors (Lipinski definition) is 1. The van der Waals surface area contributed by atoms with Crippen molar-refractivity contribution in [3.8, 4) is 5.75 Å². The Hall–Kier alpha value is -3.90. The summed E-state index contributed by atoms with van der Waals surface area (Å²) in [7, 11) is -3.90. The molecule has 1 aliphatic carbocycles. The molecule has 2 fully saturated rings. The fourth-order valence-electron chi connectivity index (χ4n) is 7.72. The highest BCUT2D eigenvalue weighted by atomic mass is 32.2. The van der Waals surface area contributed by atoms with Gasteiger partial charge in [-0.1, -0.05) is 99.7 Å². The first-order valence-corrected chi connectivity index (χ1v) is 22.2. The van der Waals surface area contributed by atoms with Crippen LogP contribution in [-0.2, 0) is 46.4 Å². The number of benzene rings is 3. The summed E-state index contributed by atoms with van der Waals surface area (Å²) >= 11 is 0. The summed E-state index contributed by atoms with van der Waals surface area (Å²) in [6, 6.07) is 23.6. The number of Topliss-reactive ketones (excluding diaryl/α,β-unsaturated/α-hetero) is 2. The predicted molar refractivity (Wildman–Crippen MR) is 221 cm³/mol. The Morgan fingerprint density at radius 2 is 1.60 bits per heavy atom. The minimum absolute atomic E-state index is 0.00334. The zero-order valence-corrected chi connectivity index (χ0v) is 34.9. The molecule has 1 heterocycles. The summed E-state index contributed by atoms with van der Waals surface area (Å²) in [5, 5.41) is 3.10. The summed E-state index contributed by atoms with van der Waals surface area (Å²) in [5.41, 5.74) is 2.24. The second kappa shape index (κ2) is 21.7. The van der Waals surface area contributed by atoms with Gasteiger partial charge in [0.2, 0.25) is 5.91 Å². The van der Waals surface area contributed by atoms with E-state index in [2.05, 4.69) is 10.2 Å². The van der Waals surface area contributed by atoms with E-state index in [0.29, 0.717) is 70.8 Å². The SMILES string of the molecule is Cc1ccc(S(=O)(=O)OCCCC[C@H](NC(=O)[C@H](CCN2CCOCC2)CC(=O)C(C)(C)Cc2cccc(OCc3ccccc3)c2)C(=O)CC2CCCC2)cc1. The number of aryl methyl sites for hydroxylation is 1. The number of carbonyl (C=O) groups excluding carboxylic acids is 3. The van der Waals surface area contributed by atoms with Crippen LogP contribution >= 0.6 is 0 Å². The molecule has 11 heteroatoms. The minimum Gasteiger partial charge on any atom is -0.489 e. The third-order valence-corrected chi connectivity index (χ3v) is 12.7. The molecule has 310 valence electrons. The molecule has 2 aliphatic rings. The molecule has 0 aromatic heterocycles. The first-order valence-electron chi connectivity index (χ1n) is 20.8. The van der Waals surface area contributed by atoms with Gasteiger partial charge < -0.3 is 14.8 Å². The molecule has 0 radical (unpaired) electrons. The normalized spacial score (nSPS) is 16.5. The maximum Gasteiger partial charge on any atom is 0.296 e. The molecule has 0 unspecified atom stereocenters. The van der Waals surface area contributed by atoms with Gasteiger partial charge in [-0.3, -0.25) is 23.5 Å². The lowest BCUT2D eigenvalue weighted by Gasteiger charge is -2.30. The van der Waals surface area contributed by atoms with Gasteiger partial charge in [0.1, 0.15) is 18.1 Å². The number of hydrogen-bond acceptors (Lipinski definition) is 9. The molecular weight excluding hydrogens is 741 g/mol. The zero-order chi connectivity index (χ0) is 40.7. The van der Waals surface area contributed by atoms with E-state index in [1.54, 1.807) is 12.1 Å². The maximum atomic E-state index is 14.2. The molecule has 1 amide bonds. The van der Waals surface area contributed by atoms with E-state index in [1.807, 2.05) is 75.4 Å². The number of carbonyl (C=O) groups is 3. The molecule has 1 saturated heterocycles. The van der Waals surface area contributed by atoms with Crippen molar-refractivity contribution in [1.82, 2.24) is 10.2 Å². The molecule has 5 rings (SSSR count). The fourth-order valence-corrected chi connectivity index (χ4v) is 8.66. The van der Waals surface area contributed by atoms with Crippen LogP contribution in [0.3, 0.4) is 0 Å². The van der Waals surface area contributed by atoms with Gasteiger partial charge >= 0.3 is 0 Å². The second-order valence-corrected chi connectivity index (χ2v) is 18.1. The molecular formula is C46H62N2O8S. The number of morpholine rings is 1. The Morgan fingerprint density at radius 1 is 0.895 bits per heavy atom. The van der Waals surface area contributed by atoms with Gasteiger partial charge in [0.15, 0.2) is 5.78 Å². The van der Waals surface area contributed by atoms with E-state index in [-0.39, 0.29) is 35.4 Å². The smallest absolute Gasteiger partial charge is 0.296 e. The number of ether oxygens (including phenoxy) is 2. The predicted octanol–water partition coefficient (Wildman–Crippen LogP) is 7.65. The van der Waals surface area contributed by atoms with Gasteiger partial charge in [-0.05, 0) is 86.9 Å². The van der Waals surface area contributed by atoms with Crippen LogP contribution in [0, 0.1) is 24.2 Å². The average Bonchev–Trinajstić information content (AvgIpc) is 3.72. The van der Waals surface area contributed by atoms with E-state index in [9.17, 15) is 22.8 Å². The van der Waals surface area contributed by atoms with Gasteiger partial charge in [0.05, 0.1) is 30.8 Å². The van der Waals surface area contributed by atoms with Crippen LogP contribution in [0.5, 0.6) is 5.75 Å². The number of ketones is 2. The van der Waals surface area contributed by atoms with Crippen molar-refractivity contribution in [2.45, 2.75) is 109 Å². The summed E-state index contributed by atoms with van der Waals surface area (Å²) in [6.45, 7) is 9.59. The lowest BCUT2D eigenvalue weighted by Crippen LogP contribution is -2.46. The van der Waals surface area contributed by atoms with Crippen molar-refractivity contribution in [1.29, 1.82) is 0 Å². The lowest BCUT2D eigenvalue weighted by molar-refractivity contribution is -0.135. The molecule has 2 atom stereocenters. The van der Waals surface area contributed by atoms with Gasteiger partial charge in [0, 0.05) is 37.3 Å². The highest BCUT2D eigenvalue weighted by Crippen LogP contribution is 2.31. The number of nitrogens with zero attached hydrogens (tertiary/aromatic N) is 1. The largest absolute Gasteiger partial charge is 0.489 e. The molecule has 1 saturated carbocycles. The number of nitrogens with one attached hydrogen (secondary N) is 1. The molecule has 3 aromatic rings. The fraction of sp³-hybridized carbons (Fsp3) is 0.543. The van der Waals surface area contributed by atoms with Crippen LogP contribution in [0.2, 0.25) is 0 Å². The third kappa shape index (κ3) is 14.5. The van der Waals surface area contributed by atoms with Crippen molar-refractivity contribution in [2.24, 2.45) is 17.3 Å². The monoisotopic (exact) mass is 802 g/mol. The molecule has 0 bridgehead atoms. The van der Waals surface area contributed by atoms with Crippen molar-refractivity contribution < 1.29 is 36.5 Å². The van der Waals surface area contributed by atoms with Crippen molar-refractivity contribution in [2.75, 3.05) is 39.5 Å². The summed E-state index contributed by atoms with van der Waals surface area (Å²) in [6.07, 6.45) is 6.90. The Balaban J connectivity index is 1.23. The standard InChI is InChI=1S/C46H62N2O8S/c1-35-19-21-41(22-20-35)57(52,53)56-27-10-9-18-42(43(49)31-36-12-7-8-13-36)47-45(51)39(23-24-48-25-28-54-29-26-48)32-44(50)46(2,3)33-38-16-11-17-40(30-38)55-34-37-14-5-4-6-15-37/h4-6,11,14-17,19-22,30,36,39,42H,7-10,12-13,18,23-29,31-34H2,1-3H3,(H,47,51)/t39-,42+/m1/s1. The molecule has 0 spiro atoms. The lowest BCUT2D eigenvalue weighted by atomic mass is 9.77. The van der Waals surface area contributed by atoms with Gasteiger partial charge in [0.25, 0.3) is 10.1 Å². The Morgan fingerprint density at radius 3 is 2.32 bits per heavy atom. The summed E-state index contributed by atoms with van der Waals surface area (Å²) in [5.74, 6) is 0.116. The minimum atomic E-state index is -3.90. The van der Waals surface area contributed by atoms with Crippen LogP contribution in [0.15, 0.2) is 83.8 Å². The highest BCUT2D eigenvalue weighted by Gasteiger charge is 2.34. The molecule has 1 aliphatic heterocycles. The second-order valence-electron chi connectivity index (χ2n) is 16.5. The third-order valence-electron chi connectivity index (χ3n) is 11.4. The van der Waals surface area contributed by atoms with Gasteiger partial charge in [-0.2, -0.15) is 8.42 Å². The van der Waals surface area contributed by atoms with Crippen LogP contribution in [0.4, 0.5) is 0 Å². The number of unbranched alkanes of at least 4 members (excludes halogenated alkanes) is 1. The first kappa shape index (κ1) is 44.2. The van der Waals surface area contributed by atoms with E-state index < -0.39 is 27.5 Å². The number of rotatable bonds is 23. The highest BCUT2D eigenvalue weighted by molar-refractivity contribution is 7.86. The summed E-state index contributed by atoms with van der Waals surface area (Å²) in [4.78, 5) is 44.6. The van der Waals surface area contributed by atoms with Crippen molar-refractivity contribution in [3.63, 3.8) is 0 Å².